The van der Waals surface area contributed by atoms with Crippen molar-refractivity contribution in [3.63, 3.8) is 0 Å². The molecule has 7 heteroatoms. The fraction of sp³-hybridized carbons (Fsp3) is 0.0714. The van der Waals surface area contributed by atoms with Crippen molar-refractivity contribution < 1.29 is 18.7 Å². The van der Waals surface area contributed by atoms with Gasteiger partial charge in [0.2, 0.25) is 0 Å². The zero-order chi connectivity index (χ0) is 15.0. The van der Waals surface area contributed by atoms with E-state index in [9.17, 15) is 13.6 Å². The Hall–Kier alpha value is -2.83. The predicted molar refractivity (Wildman–Crippen MR) is 70.5 cm³/mol. The maximum absolute atomic E-state index is 13.9. The lowest BCUT2D eigenvalue weighted by Crippen LogP contribution is -2.07. The summed E-state index contributed by atoms with van der Waals surface area (Å²) in [6.45, 7) is -0.329. The Balaban J connectivity index is 2.28. The molecule has 106 valence electrons. The van der Waals surface area contributed by atoms with Crippen LogP contribution in [0, 0.1) is 11.6 Å². The Morgan fingerprint density at radius 2 is 2.10 bits per heavy atom. The Morgan fingerprint density at radius 3 is 2.86 bits per heavy atom. The van der Waals surface area contributed by atoms with Gasteiger partial charge in [-0.3, -0.25) is 4.79 Å². The first-order chi connectivity index (χ1) is 10.1. The Bertz CT molecular complexity index is 845. The second kappa shape index (κ2) is 4.93. The molecule has 0 radical (unpaired) electrons. The number of hydrogen-bond acceptors (Lipinski definition) is 3. The highest BCUT2D eigenvalue weighted by atomic mass is 19.2. The van der Waals surface area contributed by atoms with Crippen molar-refractivity contribution in [2.24, 2.45) is 0 Å². The largest absolute Gasteiger partial charge is 0.480 e. The number of carbonyl (C=O) groups is 1. The molecule has 5 nitrogen and oxygen atoms in total. The van der Waals surface area contributed by atoms with Crippen molar-refractivity contribution in [1.29, 1.82) is 0 Å². The van der Waals surface area contributed by atoms with Crippen molar-refractivity contribution >= 4 is 17.0 Å². The van der Waals surface area contributed by atoms with Crippen molar-refractivity contribution in [3.8, 4) is 11.1 Å². The van der Waals surface area contributed by atoms with Gasteiger partial charge in [0.1, 0.15) is 18.5 Å². The number of benzene rings is 1. The van der Waals surface area contributed by atoms with E-state index in [1.54, 1.807) is 0 Å². The minimum absolute atomic E-state index is 0.0407. The maximum Gasteiger partial charge on any atom is 0.323 e. The van der Waals surface area contributed by atoms with Crippen molar-refractivity contribution in [2.45, 2.75) is 6.54 Å². The molecule has 0 atom stereocenters. The van der Waals surface area contributed by atoms with Crippen LogP contribution in [0.15, 0.2) is 36.9 Å². The smallest absolute Gasteiger partial charge is 0.323 e. The number of fused-ring (bicyclic) bond motifs is 1. The fourth-order valence-corrected chi connectivity index (χ4v) is 2.22. The van der Waals surface area contributed by atoms with E-state index in [-0.39, 0.29) is 12.1 Å². The monoisotopic (exact) mass is 289 g/mol. The van der Waals surface area contributed by atoms with Gasteiger partial charge in [-0.1, -0.05) is 12.1 Å². The van der Waals surface area contributed by atoms with E-state index >= 15 is 0 Å². The minimum atomic E-state index is -1.06. The number of halogens is 2. The second-order valence-electron chi connectivity index (χ2n) is 4.43. The molecule has 0 aliphatic rings. The van der Waals surface area contributed by atoms with Crippen LogP contribution in [0.1, 0.15) is 0 Å². The van der Waals surface area contributed by atoms with Gasteiger partial charge in [-0.25, -0.2) is 18.7 Å². The van der Waals surface area contributed by atoms with Crippen LogP contribution in [0.3, 0.4) is 0 Å². The summed E-state index contributed by atoms with van der Waals surface area (Å²) in [6.07, 6.45) is 4.15. The second-order valence-corrected chi connectivity index (χ2v) is 4.43. The molecule has 0 aliphatic heterocycles. The Kier molecular flexibility index (Phi) is 3.09. The van der Waals surface area contributed by atoms with E-state index in [0.717, 1.165) is 6.07 Å². The van der Waals surface area contributed by atoms with E-state index in [4.69, 9.17) is 5.11 Å². The highest BCUT2D eigenvalue weighted by molar-refractivity contribution is 5.94. The summed E-state index contributed by atoms with van der Waals surface area (Å²) < 4.78 is 28.7. The third-order valence-electron chi connectivity index (χ3n) is 3.09. The van der Waals surface area contributed by atoms with E-state index in [1.165, 1.54) is 35.4 Å². The maximum atomic E-state index is 13.9. The molecule has 0 saturated carbocycles. The summed E-state index contributed by atoms with van der Waals surface area (Å²) in [5, 5.41) is 9.37. The third kappa shape index (κ3) is 2.22. The molecule has 0 unspecified atom stereocenters. The van der Waals surface area contributed by atoms with Crippen molar-refractivity contribution in [3.05, 3.63) is 48.6 Å². The van der Waals surface area contributed by atoms with Gasteiger partial charge in [0.05, 0.1) is 0 Å². The van der Waals surface area contributed by atoms with E-state index in [0.29, 0.717) is 16.6 Å². The molecule has 2 heterocycles. The van der Waals surface area contributed by atoms with E-state index in [1.807, 2.05) is 0 Å². The lowest BCUT2D eigenvalue weighted by molar-refractivity contribution is -0.137. The number of nitrogens with zero attached hydrogens (tertiary/aromatic N) is 3. The first kappa shape index (κ1) is 13.2. The Labute approximate surface area is 117 Å². The molecule has 0 saturated heterocycles. The normalized spacial score (nSPS) is 11.0. The van der Waals surface area contributed by atoms with E-state index < -0.39 is 17.6 Å². The van der Waals surface area contributed by atoms with Gasteiger partial charge in [-0.05, 0) is 6.07 Å². The SMILES string of the molecule is O=C(O)Cn1cc(-c2cccc(F)c2F)c2cncnc21. The summed E-state index contributed by atoms with van der Waals surface area (Å²) in [5.74, 6) is -3.02. The van der Waals surface area contributed by atoms with Gasteiger partial charge in [-0.15, -0.1) is 0 Å². The lowest BCUT2D eigenvalue weighted by atomic mass is 10.1. The number of carboxylic acids is 1. The first-order valence-electron chi connectivity index (χ1n) is 6.03. The van der Waals surface area contributed by atoms with Crippen molar-refractivity contribution in [2.75, 3.05) is 0 Å². The number of carboxylic acid groups (broad SMARTS) is 1. The quantitative estimate of drug-likeness (QED) is 0.804. The molecule has 0 fully saturated rings. The number of aromatic nitrogens is 3. The summed E-state index contributed by atoms with van der Waals surface area (Å²) in [6, 6.07) is 3.83. The van der Waals surface area contributed by atoms with Gasteiger partial charge in [0.15, 0.2) is 11.6 Å². The summed E-state index contributed by atoms with van der Waals surface area (Å²) in [5.41, 5.74) is 0.744. The average Bonchev–Trinajstić information content (AvgIpc) is 2.80. The lowest BCUT2D eigenvalue weighted by Gasteiger charge is -2.01. The minimum Gasteiger partial charge on any atom is -0.480 e. The molecular formula is C14H9F2N3O2. The molecule has 3 rings (SSSR count). The van der Waals surface area contributed by atoms with Gasteiger partial charge >= 0.3 is 5.97 Å². The van der Waals surface area contributed by atoms with Crippen LogP contribution in [0.25, 0.3) is 22.2 Å². The number of hydrogen-bond donors (Lipinski definition) is 1. The Morgan fingerprint density at radius 1 is 1.29 bits per heavy atom. The zero-order valence-corrected chi connectivity index (χ0v) is 10.6. The predicted octanol–water partition coefficient (Wildman–Crippen LogP) is 2.46. The number of aliphatic carboxylic acids is 1. The molecule has 0 amide bonds. The average molecular weight is 289 g/mol. The van der Waals surface area contributed by atoms with Crippen LogP contribution in [-0.2, 0) is 11.3 Å². The highest BCUT2D eigenvalue weighted by Gasteiger charge is 2.17. The molecule has 21 heavy (non-hydrogen) atoms. The highest BCUT2D eigenvalue weighted by Crippen LogP contribution is 2.31. The molecule has 1 N–H and O–H groups in total. The van der Waals surface area contributed by atoms with Crippen LogP contribution in [0.4, 0.5) is 8.78 Å². The summed E-state index contributed by atoms with van der Waals surface area (Å²) in [7, 11) is 0. The number of rotatable bonds is 3. The van der Waals surface area contributed by atoms with Gasteiger partial charge < -0.3 is 9.67 Å². The van der Waals surface area contributed by atoms with Gasteiger partial charge in [0, 0.05) is 28.9 Å². The van der Waals surface area contributed by atoms with Crippen LogP contribution in [0.5, 0.6) is 0 Å². The zero-order valence-electron chi connectivity index (χ0n) is 10.6. The molecule has 2 aromatic heterocycles. The van der Waals surface area contributed by atoms with E-state index in [2.05, 4.69) is 9.97 Å². The van der Waals surface area contributed by atoms with Crippen molar-refractivity contribution in [1.82, 2.24) is 14.5 Å². The fourth-order valence-electron chi connectivity index (χ4n) is 2.22. The van der Waals surface area contributed by atoms with Crippen LogP contribution in [0.2, 0.25) is 0 Å². The molecule has 0 bridgehead atoms. The van der Waals surface area contributed by atoms with Crippen LogP contribution < -0.4 is 0 Å². The standard InChI is InChI=1S/C14H9F2N3O2/c15-11-3-1-2-8(13(11)16)10-5-19(6-12(20)21)14-9(10)4-17-7-18-14/h1-5,7H,6H2,(H,20,21). The topological polar surface area (TPSA) is 68.0 Å². The molecule has 1 aromatic carbocycles. The van der Waals surface area contributed by atoms with Gasteiger partial charge in [-0.2, -0.15) is 0 Å². The third-order valence-corrected chi connectivity index (χ3v) is 3.09. The first-order valence-corrected chi connectivity index (χ1v) is 6.03. The summed E-state index contributed by atoms with van der Waals surface area (Å²) in [4.78, 5) is 18.7. The molecule has 0 spiro atoms. The molecular weight excluding hydrogens is 280 g/mol. The molecule has 0 aliphatic carbocycles. The van der Waals surface area contributed by atoms with Crippen LogP contribution in [-0.4, -0.2) is 25.6 Å². The molecule has 3 aromatic rings. The van der Waals surface area contributed by atoms with Crippen LogP contribution >= 0.6 is 0 Å². The summed E-state index contributed by atoms with van der Waals surface area (Å²) >= 11 is 0. The van der Waals surface area contributed by atoms with Gasteiger partial charge in [0.25, 0.3) is 0 Å².